The van der Waals surface area contributed by atoms with E-state index in [1.807, 2.05) is 0 Å². The molecule has 17 heavy (non-hydrogen) atoms. The number of rotatable bonds is 3. The highest BCUT2D eigenvalue weighted by atomic mass is 79.9. The normalized spacial score (nSPS) is 24.4. The Kier molecular flexibility index (Phi) is 4.33. The summed E-state index contributed by atoms with van der Waals surface area (Å²) >= 11 is 3.42. The number of halogens is 1. The molecule has 1 aromatic rings. The number of anilines is 2. The van der Waals surface area contributed by atoms with E-state index in [-0.39, 0.29) is 0 Å². The highest BCUT2D eigenvalue weighted by Gasteiger charge is 2.19. The van der Waals surface area contributed by atoms with Gasteiger partial charge in [-0.15, -0.1) is 0 Å². The summed E-state index contributed by atoms with van der Waals surface area (Å²) in [5.74, 6) is 2.94. The van der Waals surface area contributed by atoms with Crippen LogP contribution in [0, 0.1) is 0 Å². The van der Waals surface area contributed by atoms with Gasteiger partial charge in [0.2, 0.25) is 5.95 Å². The Bertz CT molecular complexity index is 419. The molecule has 0 bridgehead atoms. The van der Waals surface area contributed by atoms with Crippen molar-refractivity contribution in [2.45, 2.75) is 18.9 Å². The molecule has 5 nitrogen and oxygen atoms in total. The lowest BCUT2D eigenvalue weighted by Gasteiger charge is -2.23. The van der Waals surface area contributed by atoms with Gasteiger partial charge in [-0.3, -0.25) is 4.21 Å². The van der Waals surface area contributed by atoms with Gasteiger partial charge >= 0.3 is 0 Å². The molecule has 2 N–H and O–H groups in total. The number of hydrogen-bond acceptors (Lipinski definition) is 5. The number of hydrogen-bond donors (Lipinski definition) is 2. The highest BCUT2D eigenvalue weighted by Crippen LogP contribution is 2.23. The van der Waals surface area contributed by atoms with E-state index in [2.05, 4.69) is 36.5 Å². The van der Waals surface area contributed by atoms with Gasteiger partial charge in [0.1, 0.15) is 5.82 Å². The van der Waals surface area contributed by atoms with E-state index in [4.69, 9.17) is 0 Å². The van der Waals surface area contributed by atoms with Crippen LogP contribution < -0.4 is 10.6 Å². The van der Waals surface area contributed by atoms with Gasteiger partial charge < -0.3 is 10.6 Å². The first kappa shape index (κ1) is 12.8. The van der Waals surface area contributed by atoms with Gasteiger partial charge in [-0.1, -0.05) is 0 Å². The molecule has 1 aromatic heterocycles. The van der Waals surface area contributed by atoms with Crippen LogP contribution in [-0.4, -0.2) is 38.8 Å². The van der Waals surface area contributed by atoms with Crippen LogP contribution in [0.2, 0.25) is 0 Å². The molecule has 0 aliphatic carbocycles. The van der Waals surface area contributed by atoms with Crippen molar-refractivity contribution in [2.75, 3.05) is 29.2 Å². The maximum Gasteiger partial charge on any atom is 0.224 e. The second-order valence-corrected chi connectivity index (χ2v) is 6.46. The van der Waals surface area contributed by atoms with E-state index in [9.17, 15) is 4.21 Å². The maximum atomic E-state index is 11.3. The van der Waals surface area contributed by atoms with Gasteiger partial charge in [-0.05, 0) is 28.8 Å². The van der Waals surface area contributed by atoms with Crippen LogP contribution in [0.15, 0.2) is 10.7 Å². The highest BCUT2D eigenvalue weighted by molar-refractivity contribution is 9.10. The van der Waals surface area contributed by atoms with Crippen LogP contribution in [0.3, 0.4) is 0 Å². The van der Waals surface area contributed by atoms with E-state index in [0.717, 1.165) is 34.6 Å². The van der Waals surface area contributed by atoms with Crippen LogP contribution in [0.4, 0.5) is 11.8 Å². The monoisotopic (exact) mass is 318 g/mol. The molecule has 1 aliphatic rings. The van der Waals surface area contributed by atoms with Gasteiger partial charge in [-0.2, -0.15) is 4.98 Å². The van der Waals surface area contributed by atoms with Crippen LogP contribution in [-0.2, 0) is 10.8 Å². The standard InChI is InChI=1S/C10H15BrN4OS/c1-12-10-13-6-8(11)9(15-10)14-7-2-4-17(16)5-3-7/h6-7H,2-5H2,1H3,(H2,12,13,14,15). The third kappa shape index (κ3) is 3.38. The molecule has 0 amide bonds. The molecule has 1 saturated heterocycles. The zero-order chi connectivity index (χ0) is 12.3. The van der Waals surface area contributed by atoms with Crippen molar-refractivity contribution < 1.29 is 4.21 Å². The van der Waals surface area contributed by atoms with Crippen molar-refractivity contribution in [3.8, 4) is 0 Å². The van der Waals surface area contributed by atoms with Crippen LogP contribution >= 0.6 is 15.9 Å². The second-order valence-electron chi connectivity index (χ2n) is 3.91. The summed E-state index contributed by atoms with van der Waals surface area (Å²) in [6.45, 7) is 0. The van der Waals surface area contributed by atoms with E-state index in [1.54, 1.807) is 13.2 Å². The molecule has 0 saturated carbocycles. The molecule has 7 heteroatoms. The fourth-order valence-corrected chi connectivity index (χ4v) is 3.32. The average molecular weight is 319 g/mol. The average Bonchev–Trinajstić information content (AvgIpc) is 2.35. The Morgan fingerprint density at radius 2 is 2.18 bits per heavy atom. The largest absolute Gasteiger partial charge is 0.366 e. The molecule has 94 valence electrons. The van der Waals surface area contributed by atoms with Crippen LogP contribution in [0.25, 0.3) is 0 Å². The first-order valence-corrected chi connectivity index (χ1v) is 7.79. The Balaban J connectivity index is 2.04. The fraction of sp³-hybridized carbons (Fsp3) is 0.600. The van der Waals surface area contributed by atoms with Crippen molar-refractivity contribution >= 4 is 38.5 Å². The summed E-state index contributed by atoms with van der Waals surface area (Å²) in [5, 5.41) is 6.28. The lowest BCUT2D eigenvalue weighted by Crippen LogP contribution is -2.29. The third-order valence-electron chi connectivity index (χ3n) is 2.70. The van der Waals surface area contributed by atoms with Crippen molar-refractivity contribution in [1.82, 2.24) is 9.97 Å². The summed E-state index contributed by atoms with van der Waals surface area (Å²) in [4.78, 5) is 8.45. The summed E-state index contributed by atoms with van der Waals surface area (Å²) in [6.07, 6.45) is 3.58. The smallest absolute Gasteiger partial charge is 0.224 e. The summed E-state index contributed by atoms with van der Waals surface area (Å²) in [7, 11) is 1.16. The summed E-state index contributed by atoms with van der Waals surface area (Å²) < 4.78 is 12.1. The van der Waals surface area contributed by atoms with Gasteiger partial charge in [0.25, 0.3) is 0 Å². The summed E-state index contributed by atoms with van der Waals surface area (Å²) in [5.41, 5.74) is 0. The third-order valence-corrected chi connectivity index (χ3v) is 4.66. The summed E-state index contributed by atoms with van der Waals surface area (Å²) in [6, 6.07) is 0.351. The predicted octanol–water partition coefficient (Wildman–Crippen LogP) is 1.60. The Morgan fingerprint density at radius 1 is 1.47 bits per heavy atom. The molecule has 1 aliphatic heterocycles. The molecular weight excluding hydrogens is 304 g/mol. The lowest BCUT2D eigenvalue weighted by molar-refractivity contribution is 0.622. The van der Waals surface area contributed by atoms with Gasteiger partial charge in [0.05, 0.1) is 4.47 Å². The molecule has 2 heterocycles. The van der Waals surface area contributed by atoms with Crippen LogP contribution in [0.5, 0.6) is 0 Å². The molecule has 2 rings (SSSR count). The van der Waals surface area contributed by atoms with Gasteiger partial charge in [0.15, 0.2) is 0 Å². The number of aromatic nitrogens is 2. The first-order valence-electron chi connectivity index (χ1n) is 5.51. The molecule has 0 aromatic carbocycles. The predicted molar refractivity (Wildman–Crippen MR) is 73.8 cm³/mol. The van der Waals surface area contributed by atoms with E-state index >= 15 is 0 Å². The molecule has 0 unspecified atom stereocenters. The van der Waals surface area contributed by atoms with Crippen molar-refractivity contribution in [3.05, 3.63) is 10.7 Å². The minimum Gasteiger partial charge on any atom is -0.366 e. The second kappa shape index (κ2) is 5.77. The Morgan fingerprint density at radius 3 is 2.82 bits per heavy atom. The molecule has 0 spiro atoms. The SMILES string of the molecule is CNc1ncc(Br)c(NC2CCS(=O)CC2)n1. The topological polar surface area (TPSA) is 66.9 Å². The van der Waals surface area contributed by atoms with Crippen molar-refractivity contribution in [3.63, 3.8) is 0 Å². The fourth-order valence-electron chi connectivity index (χ4n) is 1.72. The lowest BCUT2D eigenvalue weighted by atomic mass is 10.1. The molecular formula is C10H15BrN4OS. The molecule has 0 atom stereocenters. The minimum atomic E-state index is -0.627. The first-order chi connectivity index (χ1) is 8.19. The van der Waals surface area contributed by atoms with Gasteiger partial charge in [0, 0.05) is 41.6 Å². The molecule has 1 fully saturated rings. The number of nitrogens with zero attached hydrogens (tertiary/aromatic N) is 2. The quantitative estimate of drug-likeness (QED) is 0.886. The van der Waals surface area contributed by atoms with Crippen molar-refractivity contribution in [2.24, 2.45) is 0 Å². The van der Waals surface area contributed by atoms with E-state index in [1.165, 1.54) is 0 Å². The zero-order valence-corrected chi connectivity index (χ0v) is 12.0. The van der Waals surface area contributed by atoms with Crippen LogP contribution in [0.1, 0.15) is 12.8 Å². The maximum absolute atomic E-state index is 11.3. The van der Waals surface area contributed by atoms with E-state index < -0.39 is 10.8 Å². The minimum absolute atomic E-state index is 0.351. The Hall–Kier alpha value is -0.690. The van der Waals surface area contributed by atoms with E-state index in [0.29, 0.717) is 12.0 Å². The molecule has 0 radical (unpaired) electrons. The Labute approximate surface area is 111 Å². The zero-order valence-electron chi connectivity index (χ0n) is 9.57. The van der Waals surface area contributed by atoms with Crippen molar-refractivity contribution in [1.29, 1.82) is 0 Å². The van der Waals surface area contributed by atoms with Gasteiger partial charge in [-0.25, -0.2) is 4.98 Å². The number of nitrogens with one attached hydrogen (secondary N) is 2.